The van der Waals surface area contributed by atoms with Crippen LogP contribution in [0.2, 0.25) is 0 Å². The van der Waals surface area contributed by atoms with Gasteiger partial charge in [-0.25, -0.2) is 4.39 Å². The van der Waals surface area contributed by atoms with Crippen LogP contribution in [-0.2, 0) is 17.9 Å². The highest BCUT2D eigenvalue weighted by Crippen LogP contribution is 2.13. The van der Waals surface area contributed by atoms with Gasteiger partial charge >= 0.3 is 0 Å². The monoisotopic (exact) mass is 267 g/mol. The van der Waals surface area contributed by atoms with Crippen molar-refractivity contribution in [1.82, 2.24) is 5.32 Å². The van der Waals surface area contributed by atoms with Gasteiger partial charge in [0.25, 0.3) is 0 Å². The molecule has 108 valence electrons. The normalized spacial score (nSPS) is 11.5. The first-order valence-electron chi connectivity index (χ1n) is 7.07. The fraction of sp³-hybridized carbons (Fsp3) is 0.625. The van der Waals surface area contributed by atoms with E-state index in [-0.39, 0.29) is 5.82 Å². The van der Waals surface area contributed by atoms with Gasteiger partial charge in [0.1, 0.15) is 5.82 Å². The fourth-order valence-corrected chi connectivity index (χ4v) is 1.67. The average molecular weight is 267 g/mol. The van der Waals surface area contributed by atoms with E-state index in [1.807, 2.05) is 12.1 Å². The molecule has 2 nitrogen and oxygen atoms in total. The molecule has 1 aromatic carbocycles. The largest absolute Gasteiger partial charge is 0.377 e. The van der Waals surface area contributed by atoms with Crippen molar-refractivity contribution in [2.75, 3.05) is 6.61 Å². The number of hydrogen-bond donors (Lipinski definition) is 1. The Morgan fingerprint density at radius 1 is 1.21 bits per heavy atom. The molecule has 0 saturated heterocycles. The molecule has 0 amide bonds. The summed E-state index contributed by atoms with van der Waals surface area (Å²) in [6.07, 6.45) is 1.01. The molecule has 0 saturated carbocycles. The van der Waals surface area contributed by atoms with Gasteiger partial charge in [0.2, 0.25) is 0 Å². The molecule has 1 aromatic rings. The summed E-state index contributed by atoms with van der Waals surface area (Å²) in [4.78, 5) is 0. The highest BCUT2D eigenvalue weighted by atomic mass is 19.1. The zero-order chi connectivity index (χ0) is 14.3. The molecule has 0 fully saturated rings. The SMILES string of the molecule is CC(C)CCOCc1cc(CNC(C)C)ccc1F. The van der Waals surface area contributed by atoms with Crippen LogP contribution in [-0.4, -0.2) is 12.6 Å². The van der Waals surface area contributed by atoms with Crippen molar-refractivity contribution in [3.05, 3.63) is 35.1 Å². The third-order valence-corrected chi connectivity index (χ3v) is 2.92. The molecule has 0 aliphatic rings. The van der Waals surface area contributed by atoms with Crippen LogP contribution in [0.25, 0.3) is 0 Å². The van der Waals surface area contributed by atoms with Crippen LogP contribution < -0.4 is 5.32 Å². The Bertz CT molecular complexity index is 377. The van der Waals surface area contributed by atoms with Crippen molar-refractivity contribution in [3.8, 4) is 0 Å². The smallest absolute Gasteiger partial charge is 0.128 e. The molecule has 0 unspecified atom stereocenters. The molecule has 0 atom stereocenters. The van der Waals surface area contributed by atoms with Crippen LogP contribution in [0.1, 0.15) is 45.2 Å². The topological polar surface area (TPSA) is 21.3 Å². The molecule has 0 bridgehead atoms. The van der Waals surface area contributed by atoms with Gasteiger partial charge in [-0.15, -0.1) is 0 Å². The Morgan fingerprint density at radius 2 is 1.95 bits per heavy atom. The Kier molecular flexibility index (Phi) is 7.03. The lowest BCUT2D eigenvalue weighted by molar-refractivity contribution is 0.108. The van der Waals surface area contributed by atoms with E-state index >= 15 is 0 Å². The Hall–Kier alpha value is -0.930. The van der Waals surface area contributed by atoms with Gasteiger partial charge in [-0.1, -0.05) is 33.8 Å². The first kappa shape index (κ1) is 16.1. The van der Waals surface area contributed by atoms with Gasteiger partial charge in [0.05, 0.1) is 6.61 Å². The molecule has 0 spiro atoms. The summed E-state index contributed by atoms with van der Waals surface area (Å²) in [7, 11) is 0. The highest BCUT2D eigenvalue weighted by Gasteiger charge is 2.05. The maximum Gasteiger partial charge on any atom is 0.128 e. The quantitative estimate of drug-likeness (QED) is 0.722. The van der Waals surface area contributed by atoms with Crippen LogP contribution >= 0.6 is 0 Å². The van der Waals surface area contributed by atoms with E-state index < -0.39 is 0 Å². The fourth-order valence-electron chi connectivity index (χ4n) is 1.67. The van der Waals surface area contributed by atoms with E-state index in [1.54, 1.807) is 0 Å². The van der Waals surface area contributed by atoms with Crippen molar-refractivity contribution < 1.29 is 9.13 Å². The van der Waals surface area contributed by atoms with Crippen LogP contribution in [0.15, 0.2) is 18.2 Å². The first-order chi connectivity index (χ1) is 8.99. The molecule has 0 aromatic heterocycles. The van der Waals surface area contributed by atoms with Crippen LogP contribution in [0.4, 0.5) is 4.39 Å². The molecular weight excluding hydrogens is 241 g/mol. The van der Waals surface area contributed by atoms with Crippen molar-refractivity contribution in [2.24, 2.45) is 5.92 Å². The summed E-state index contributed by atoms with van der Waals surface area (Å²) in [5, 5.41) is 3.33. The summed E-state index contributed by atoms with van der Waals surface area (Å²) in [6, 6.07) is 5.66. The average Bonchev–Trinajstić information content (AvgIpc) is 2.34. The number of rotatable bonds is 8. The minimum Gasteiger partial charge on any atom is -0.377 e. The number of hydrogen-bond acceptors (Lipinski definition) is 2. The molecule has 3 heteroatoms. The van der Waals surface area contributed by atoms with E-state index in [4.69, 9.17) is 4.74 Å². The molecule has 1 rings (SSSR count). The number of ether oxygens (including phenoxy) is 1. The minimum atomic E-state index is -0.183. The third-order valence-electron chi connectivity index (χ3n) is 2.92. The number of nitrogens with one attached hydrogen (secondary N) is 1. The summed E-state index contributed by atoms with van der Waals surface area (Å²) in [5.41, 5.74) is 1.74. The summed E-state index contributed by atoms with van der Waals surface area (Å²) < 4.78 is 19.2. The molecule has 0 aliphatic heterocycles. The standard InChI is InChI=1S/C16H26FNO/c1-12(2)7-8-19-11-15-9-14(5-6-16(15)17)10-18-13(3)4/h5-6,9,12-13,18H,7-8,10-11H2,1-4H3. The van der Waals surface area contributed by atoms with Crippen LogP contribution in [0.3, 0.4) is 0 Å². The van der Waals surface area contributed by atoms with Crippen molar-refractivity contribution >= 4 is 0 Å². The molecule has 0 heterocycles. The van der Waals surface area contributed by atoms with Gasteiger partial charge in [-0.2, -0.15) is 0 Å². The van der Waals surface area contributed by atoms with Gasteiger partial charge in [0, 0.05) is 24.8 Å². The molecule has 0 radical (unpaired) electrons. The van der Waals surface area contributed by atoms with Gasteiger partial charge in [0.15, 0.2) is 0 Å². The van der Waals surface area contributed by atoms with E-state index in [2.05, 4.69) is 33.0 Å². The number of halogens is 1. The predicted molar refractivity (Wildman–Crippen MR) is 77.5 cm³/mol. The van der Waals surface area contributed by atoms with E-state index in [9.17, 15) is 4.39 Å². The van der Waals surface area contributed by atoms with E-state index in [0.29, 0.717) is 30.7 Å². The Morgan fingerprint density at radius 3 is 2.58 bits per heavy atom. The van der Waals surface area contributed by atoms with Gasteiger partial charge < -0.3 is 10.1 Å². The highest BCUT2D eigenvalue weighted by molar-refractivity contribution is 5.24. The molecular formula is C16H26FNO. The summed E-state index contributed by atoms with van der Waals surface area (Å²) >= 11 is 0. The van der Waals surface area contributed by atoms with Crippen molar-refractivity contribution in [3.63, 3.8) is 0 Å². The second kappa shape index (κ2) is 8.28. The lowest BCUT2D eigenvalue weighted by Gasteiger charge is -2.11. The third kappa shape index (κ3) is 6.69. The van der Waals surface area contributed by atoms with Crippen LogP contribution in [0, 0.1) is 11.7 Å². The van der Waals surface area contributed by atoms with Crippen molar-refractivity contribution in [2.45, 2.75) is 53.3 Å². The van der Waals surface area contributed by atoms with Gasteiger partial charge in [-0.05, 0) is 30.0 Å². The Labute approximate surface area is 116 Å². The zero-order valence-electron chi connectivity index (χ0n) is 12.5. The van der Waals surface area contributed by atoms with Gasteiger partial charge in [-0.3, -0.25) is 0 Å². The minimum absolute atomic E-state index is 0.183. The predicted octanol–water partition coefficient (Wildman–Crippen LogP) is 3.89. The lowest BCUT2D eigenvalue weighted by atomic mass is 10.1. The number of benzene rings is 1. The van der Waals surface area contributed by atoms with Crippen LogP contribution in [0.5, 0.6) is 0 Å². The summed E-state index contributed by atoms with van der Waals surface area (Å²) in [5.74, 6) is 0.435. The van der Waals surface area contributed by atoms with E-state index in [1.165, 1.54) is 6.07 Å². The maximum absolute atomic E-state index is 13.7. The van der Waals surface area contributed by atoms with E-state index in [0.717, 1.165) is 18.5 Å². The lowest BCUT2D eigenvalue weighted by Crippen LogP contribution is -2.21. The second-order valence-electron chi connectivity index (χ2n) is 5.70. The molecule has 1 N–H and O–H groups in total. The second-order valence-corrected chi connectivity index (χ2v) is 5.70. The molecule has 19 heavy (non-hydrogen) atoms. The van der Waals surface area contributed by atoms with Crippen molar-refractivity contribution in [1.29, 1.82) is 0 Å². The maximum atomic E-state index is 13.7. The molecule has 0 aliphatic carbocycles. The summed E-state index contributed by atoms with van der Waals surface area (Å²) in [6.45, 7) is 10.3. The zero-order valence-corrected chi connectivity index (χ0v) is 12.5. The first-order valence-corrected chi connectivity index (χ1v) is 7.07. The Balaban J connectivity index is 2.49.